The zero-order chi connectivity index (χ0) is 14.4. The van der Waals surface area contributed by atoms with Crippen molar-refractivity contribution in [2.45, 2.75) is 25.8 Å². The summed E-state index contributed by atoms with van der Waals surface area (Å²) in [4.78, 5) is 0. The van der Waals surface area contributed by atoms with Gasteiger partial charge in [0.2, 0.25) is 0 Å². The van der Waals surface area contributed by atoms with E-state index in [1.807, 2.05) is 14.1 Å². The molecule has 0 aromatic heterocycles. The topological polar surface area (TPSA) is 24.1 Å². The van der Waals surface area contributed by atoms with Crippen molar-refractivity contribution < 1.29 is 0 Å². The molecule has 1 unspecified atom stereocenters. The number of anilines is 1. The van der Waals surface area contributed by atoms with Gasteiger partial charge in [-0.1, -0.05) is 49.7 Å². The van der Waals surface area contributed by atoms with Crippen LogP contribution in [0.15, 0.2) is 48.5 Å². The van der Waals surface area contributed by atoms with Gasteiger partial charge in [-0.3, -0.25) is 0 Å². The number of hydrogen-bond donors (Lipinski definition) is 2. The highest BCUT2D eigenvalue weighted by molar-refractivity contribution is 5.46. The Morgan fingerprint density at radius 2 is 1.40 bits per heavy atom. The Morgan fingerprint density at radius 3 is 1.85 bits per heavy atom. The third kappa shape index (κ3) is 3.40. The van der Waals surface area contributed by atoms with E-state index in [-0.39, 0.29) is 6.04 Å². The molecule has 2 aromatic carbocycles. The average molecular weight is 268 g/mol. The Kier molecular flexibility index (Phi) is 5.19. The summed E-state index contributed by atoms with van der Waals surface area (Å²) in [5.74, 6) is 0. The van der Waals surface area contributed by atoms with Crippen molar-refractivity contribution in [3.8, 4) is 0 Å². The molecule has 2 nitrogen and oxygen atoms in total. The molecule has 2 heteroatoms. The summed E-state index contributed by atoms with van der Waals surface area (Å²) in [7, 11) is 3.95. The van der Waals surface area contributed by atoms with E-state index in [4.69, 9.17) is 0 Å². The first kappa shape index (κ1) is 14.6. The van der Waals surface area contributed by atoms with Crippen molar-refractivity contribution in [2.24, 2.45) is 0 Å². The standard InChI is InChI=1S/C18H24N2/c1-4-5-14-6-8-15(9-7-14)18(20-3)16-10-12-17(19-2)13-11-16/h6-13,18-20H,4-5H2,1-3H3. The van der Waals surface area contributed by atoms with Crippen LogP contribution in [0.25, 0.3) is 0 Å². The van der Waals surface area contributed by atoms with Gasteiger partial charge in [0.1, 0.15) is 0 Å². The fourth-order valence-electron chi connectivity index (χ4n) is 2.53. The number of benzene rings is 2. The van der Waals surface area contributed by atoms with Gasteiger partial charge >= 0.3 is 0 Å². The molecular formula is C18H24N2. The molecule has 0 aliphatic rings. The lowest BCUT2D eigenvalue weighted by atomic mass is 9.97. The van der Waals surface area contributed by atoms with Crippen molar-refractivity contribution in [1.29, 1.82) is 0 Å². The van der Waals surface area contributed by atoms with Gasteiger partial charge in [0.15, 0.2) is 0 Å². The Labute approximate surface area is 122 Å². The van der Waals surface area contributed by atoms with Crippen LogP contribution in [0, 0.1) is 0 Å². The molecular weight excluding hydrogens is 244 g/mol. The second-order valence-electron chi connectivity index (χ2n) is 5.09. The zero-order valence-corrected chi connectivity index (χ0v) is 12.6. The van der Waals surface area contributed by atoms with Crippen molar-refractivity contribution in [1.82, 2.24) is 5.32 Å². The van der Waals surface area contributed by atoms with Crippen LogP contribution in [-0.2, 0) is 6.42 Å². The first-order chi connectivity index (χ1) is 9.78. The monoisotopic (exact) mass is 268 g/mol. The van der Waals surface area contributed by atoms with Crippen LogP contribution < -0.4 is 10.6 Å². The van der Waals surface area contributed by atoms with Crippen molar-refractivity contribution in [3.63, 3.8) is 0 Å². The minimum atomic E-state index is 0.247. The molecule has 0 amide bonds. The lowest BCUT2D eigenvalue weighted by Crippen LogP contribution is -2.17. The second-order valence-corrected chi connectivity index (χ2v) is 5.09. The minimum absolute atomic E-state index is 0.247. The summed E-state index contributed by atoms with van der Waals surface area (Å²) in [5, 5.41) is 6.56. The molecule has 0 aliphatic carbocycles. The van der Waals surface area contributed by atoms with E-state index in [1.54, 1.807) is 0 Å². The molecule has 0 fully saturated rings. The summed E-state index contributed by atoms with van der Waals surface area (Å²) in [6.45, 7) is 2.22. The van der Waals surface area contributed by atoms with Gasteiger partial charge in [0, 0.05) is 12.7 Å². The average Bonchev–Trinajstić information content (AvgIpc) is 2.51. The number of aryl methyl sites for hydroxylation is 1. The second kappa shape index (κ2) is 7.11. The molecule has 2 aromatic rings. The highest BCUT2D eigenvalue weighted by Crippen LogP contribution is 2.23. The van der Waals surface area contributed by atoms with E-state index in [2.05, 4.69) is 66.1 Å². The summed E-state index contributed by atoms with van der Waals surface area (Å²) in [6, 6.07) is 17.8. The van der Waals surface area contributed by atoms with Crippen LogP contribution in [0.2, 0.25) is 0 Å². The maximum absolute atomic E-state index is 3.40. The van der Waals surface area contributed by atoms with E-state index in [1.165, 1.54) is 23.1 Å². The molecule has 0 bridgehead atoms. The van der Waals surface area contributed by atoms with Crippen molar-refractivity contribution in [2.75, 3.05) is 19.4 Å². The van der Waals surface area contributed by atoms with Crippen LogP contribution in [0.4, 0.5) is 5.69 Å². The third-order valence-electron chi connectivity index (χ3n) is 3.67. The van der Waals surface area contributed by atoms with E-state index in [0.29, 0.717) is 0 Å². The quantitative estimate of drug-likeness (QED) is 0.827. The smallest absolute Gasteiger partial charge is 0.0574 e. The summed E-state index contributed by atoms with van der Waals surface area (Å²) >= 11 is 0. The molecule has 0 aliphatic heterocycles. The van der Waals surface area contributed by atoms with Crippen LogP contribution in [0.1, 0.15) is 36.1 Å². The molecule has 1 atom stereocenters. The Balaban J connectivity index is 2.21. The molecule has 20 heavy (non-hydrogen) atoms. The summed E-state index contributed by atoms with van der Waals surface area (Å²) < 4.78 is 0. The molecule has 106 valence electrons. The molecule has 0 radical (unpaired) electrons. The molecule has 0 spiro atoms. The van der Waals surface area contributed by atoms with Gasteiger partial charge in [-0.25, -0.2) is 0 Å². The van der Waals surface area contributed by atoms with Gasteiger partial charge in [-0.2, -0.15) is 0 Å². The highest BCUT2D eigenvalue weighted by Gasteiger charge is 2.11. The van der Waals surface area contributed by atoms with Gasteiger partial charge in [0.25, 0.3) is 0 Å². The van der Waals surface area contributed by atoms with Crippen molar-refractivity contribution in [3.05, 3.63) is 65.2 Å². The molecule has 2 N–H and O–H groups in total. The van der Waals surface area contributed by atoms with E-state index < -0.39 is 0 Å². The van der Waals surface area contributed by atoms with Gasteiger partial charge in [0.05, 0.1) is 6.04 Å². The zero-order valence-electron chi connectivity index (χ0n) is 12.6. The van der Waals surface area contributed by atoms with Crippen molar-refractivity contribution >= 4 is 5.69 Å². The Hall–Kier alpha value is -1.80. The molecule has 0 heterocycles. The van der Waals surface area contributed by atoms with E-state index in [0.717, 1.165) is 12.1 Å². The first-order valence-corrected chi connectivity index (χ1v) is 7.32. The van der Waals surface area contributed by atoms with Gasteiger partial charge in [-0.05, 0) is 42.3 Å². The largest absolute Gasteiger partial charge is 0.388 e. The fourth-order valence-corrected chi connectivity index (χ4v) is 2.53. The molecule has 0 saturated carbocycles. The number of hydrogen-bond acceptors (Lipinski definition) is 2. The first-order valence-electron chi connectivity index (χ1n) is 7.32. The third-order valence-corrected chi connectivity index (χ3v) is 3.67. The van der Waals surface area contributed by atoms with E-state index in [9.17, 15) is 0 Å². The minimum Gasteiger partial charge on any atom is -0.388 e. The predicted octanol–water partition coefficient (Wildman–Crippen LogP) is 3.99. The SMILES string of the molecule is CCCc1ccc(C(NC)c2ccc(NC)cc2)cc1. The number of rotatable bonds is 6. The van der Waals surface area contributed by atoms with Crippen LogP contribution >= 0.6 is 0 Å². The Bertz CT molecular complexity index is 514. The molecule has 0 saturated heterocycles. The highest BCUT2D eigenvalue weighted by atomic mass is 14.9. The van der Waals surface area contributed by atoms with Gasteiger partial charge < -0.3 is 10.6 Å². The van der Waals surface area contributed by atoms with Crippen LogP contribution in [-0.4, -0.2) is 14.1 Å². The normalized spacial score (nSPS) is 12.2. The molecule has 2 rings (SSSR count). The van der Waals surface area contributed by atoms with E-state index >= 15 is 0 Å². The fraction of sp³-hybridized carbons (Fsp3) is 0.333. The predicted molar refractivity (Wildman–Crippen MR) is 87.3 cm³/mol. The Morgan fingerprint density at radius 1 is 0.850 bits per heavy atom. The maximum atomic E-state index is 3.40. The maximum Gasteiger partial charge on any atom is 0.0574 e. The lowest BCUT2D eigenvalue weighted by molar-refractivity contribution is 0.691. The summed E-state index contributed by atoms with van der Waals surface area (Å²) in [6.07, 6.45) is 2.35. The lowest BCUT2D eigenvalue weighted by Gasteiger charge is -2.18. The van der Waals surface area contributed by atoms with Crippen LogP contribution in [0.5, 0.6) is 0 Å². The van der Waals surface area contributed by atoms with Crippen LogP contribution in [0.3, 0.4) is 0 Å². The van der Waals surface area contributed by atoms with Gasteiger partial charge in [-0.15, -0.1) is 0 Å². The number of nitrogens with one attached hydrogen (secondary N) is 2. The summed E-state index contributed by atoms with van der Waals surface area (Å²) in [5.41, 5.74) is 5.15.